The van der Waals surface area contributed by atoms with Crippen LogP contribution in [0, 0.1) is 5.82 Å². The Hall–Kier alpha value is -2.83. The standard InChI is InChI=1S/C22H30FN5O/c1-3-27(4-2)21-10-9-17(15-24-21)16-25-22(29)28-13-11-18(12-14-28)26-20-8-6-5-7-19(20)23/h5-10,15,18,26H,3-4,11-14,16H2,1-2H3,(H,25,29). The van der Waals surface area contributed by atoms with Crippen LogP contribution in [-0.2, 0) is 6.54 Å². The van der Waals surface area contributed by atoms with Crippen LogP contribution in [0.2, 0.25) is 0 Å². The Morgan fingerprint density at radius 3 is 2.52 bits per heavy atom. The van der Waals surface area contributed by atoms with Crippen LogP contribution in [-0.4, -0.2) is 48.1 Å². The highest BCUT2D eigenvalue weighted by Gasteiger charge is 2.23. The Labute approximate surface area is 172 Å². The van der Waals surface area contributed by atoms with Crippen molar-refractivity contribution in [3.05, 3.63) is 54.0 Å². The van der Waals surface area contributed by atoms with Gasteiger partial charge in [-0.3, -0.25) is 0 Å². The number of carbonyl (C=O) groups excluding carboxylic acids is 1. The molecule has 0 unspecified atom stereocenters. The summed E-state index contributed by atoms with van der Waals surface area (Å²) in [6, 6.07) is 10.8. The Kier molecular flexibility index (Phi) is 7.27. The lowest BCUT2D eigenvalue weighted by Gasteiger charge is -2.33. The maximum Gasteiger partial charge on any atom is 0.317 e. The summed E-state index contributed by atoms with van der Waals surface area (Å²) in [6.45, 7) is 7.80. The molecule has 1 aliphatic heterocycles. The number of pyridine rings is 1. The lowest BCUT2D eigenvalue weighted by Crippen LogP contribution is -2.46. The minimum atomic E-state index is -0.242. The summed E-state index contributed by atoms with van der Waals surface area (Å²) in [5.74, 6) is 0.711. The highest BCUT2D eigenvalue weighted by molar-refractivity contribution is 5.74. The topological polar surface area (TPSA) is 60.5 Å². The Morgan fingerprint density at radius 1 is 1.17 bits per heavy atom. The van der Waals surface area contributed by atoms with Gasteiger partial charge in [-0.05, 0) is 50.5 Å². The second-order valence-electron chi connectivity index (χ2n) is 7.24. The number of para-hydroxylation sites is 1. The van der Waals surface area contributed by atoms with Gasteiger partial charge in [0.1, 0.15) is 11.6 Å². The van der Waals surface area contributed by atoms with E-state index >= 15 is 0 Å². The second kappa shape index (κ2) is 10.1. The van der Waals surface area contributed by atoms with E-state index in [0.29, 0.717) is 25.3 Å². The van der Waals surface area contributed by atoms with Gasteiger partial charge in [-0.1, -0.05) is 18.2 Å². The van der Waals surface area contributed by atoms with Crippen LogP contribution in [0.1, 0.15) is 32.3 Å². The number of halogens is 1. The SMILES string of the molecule is CCN(CC)c1ccc(CNC(=O)N2CCC(Nc3ccccc3F)CC2)cn1. The molecule has 6 nitrogen and oxygen atoms in total. The molecule has 0 radical (unpaired) electrons. The summed E-state index contributed by atoms with van der Waals surface area (Å²) in [7, 11) is 0. The number of rotatable bonds is 7. The monoisotopic (exact) mass is 399 g/mol. The zero-order chi connectivity index (χ0) is 20.6. The van der Waals surface area contributed by atoms with Gasteiger partial charge < -0.3 is 20.4 Å². The molecule has 0 aliphatic carbocycles. The van der Waals surface area contributed by atoms with Crippen molar-refractivity contribution in [3.8, 4) is 0 Å². The lowest BCUT2D eigenvalue weighted by molar-refractivity contribution is 0.183. The average molecular weight is 400 g/mol. The van der Waals surface area contributed by atoms with Gasteiger partial charge in [-0.25, -0.2) is 14.2 Å². The van der Waals surface area contributed by atoms with Crippen LogP contribution >= 0.6 is 0 Å². The smallest absolute Gasteiger partial charge is 0.317 e. The molecule has 1 aromatic heterocycles. The van der Waals surface area contributed by atoms with Crippen LogP contribution in [0.3, 0.4) is 0 Å². The van der Waals surface area contributed by atoms with Crippen LogP contribution in [0.15, 0.2) is 42.6 Å². The molecular weight excluding hydrogens is 369 g/mol. The molecule has 1 saturated heterocycles. The van der Waals surface area contributed by atoms with Crippen molar-refractivity contribution >= 4 is 17.5 Å². The summed E-state index contributed by atoms with van der Waals surface area (Å²) in [5.41, 5.74) is 1.50. The third kappa shape index (κ3) is 5.59. The Bertz CT molecular complexity index is 786. The minimum absolute atomic E-state index is 0.0674. The fraction of sp³-hybridized carbons (Fsp3) is 0.455. The van der Waals surface area contributed by atoms with Crippen molar-refractivity contribution in [2.24, 2.45) is 0 Å². The molecule has 156 valence electrons. The van der Waals surface area contributed by atoms with E-state index in [4.69, 9.17) is 0 Å². The van der Waals surface area contributed by atoms with E-state index in [9.17, 15) is 9.18 Å². The van der Waals surface area contributed by atoms with Gasteiger partial charge in [0.25, 0.3) is 0 Å². The number of aromatic nitrogens is 1. The molecule has 2 amide bonds. The lowest BCUT2D eigenvalue weighted by atomic mass is 10.0. The van der Waals surface area contributed by atoms with Gasteiger partial charge in [0.05, 0.1) is 5.69 Å². The molecule has 0 atom stereocenters. The largest absolute Gasteiger partial charge is 0.380 e. The maximum absolute atomic E-state index is 13.8. The summed E-state index contributed by atoms with van der Waals surface area (Å²) >= 11 is 0. The summed E-state index contributed by atoms with van der Waals surface area (Å²) in [4.78, 5) is 21.0. The van der Waals surface area contributed by atoms with Crippen molar-refractivity contribution in [3.63, 3.8) is 0 Å². The fourth-order valence-corrected chi connectivity index (χ4v) is 3.57. The van der Waals surface area contributed by atoms with E-state index in [2.05, 4.69) is 34.4 Å². The molecule has 7 heteroatoms. The van der Waals surface area contributed by atoms with Crippen LogP contribution in [0.4, 0.5) is 20.7 Å². The number of hydrogen-bond acceptors (Lipinski definition) is 4. The predicted molar refractivity (Wildman–Crippen MR) is 115 cm³/mol. The van der Waals surface area contributed by atoms with E-state index in [0.717, 1.165) is 37.3 Å². The van der Waals surface area contributed by atoms with Gasteiger partial charge in [0.15, 0.2) is 0 Å². The van der Waals surface area contributed by atoms with Crippen molar-refractivity contribution in [1.29, 1.82) is 0 Å². The molecule has 1 aliphatic rings. The fourth-order valence-electron chi connectivity index (χ4n) is 3.57. The first-order valence-electron chi connectivity index (χ1n) is 10.3. The number of amides is 2. The summed E-state index contributed by atoms with van der Waals surface area (Å²) < 4.78 is 13.8. The second-order valence-corrected chi connectivity index (χ2v) is 7.24. The van der Waals surface area contributed by atoms with E-state index in [1.165, 1.54) is 6.07 Å². The summed E-state index contributed by atoms with van der Waals surface area (Å²) in [6.07, 6.45) is 3.41. The van der Waals surface area contributed by atoms with Crippen LogP contribution in [0.5, 0.6) is 0 Å². The molecular formula is C22H30FN5O. The molecule has 0 saturated carbocycles. The number of anilines is 2. The summed E-state index contributed by atoms with van der Waals surface area (Å²) in [5, 5.41) is 6.22. The van der Waals surface area contributed by atoms with E-state index in [-0.39, 0.29) is 17.9 Å². The van der Waals surface area contributed by atoms with Crippen LogP contribution in [0.25, 0.3) is 0 Å². The minimum Gasteiger partial charge on any atom is -0.380 e. The number of nitrogens with one attached hydrogen (secondary N) is 2. The molecule has 1 aromatic carbocycles. The van der Waals surface area contributed by atoms with Gasteiger partial charge in [-0.15, -0.1) is 0 Å². The van der Waals surface area contributed by atoms with Gasteiger partial charge in [-0.2, -0.15) is 0 Å². The number of benzene rings is 1. The van der Waals surface area contributed by atoms with Gasteiger partial charge in [0.2, 0.25) is 0 Å². The molecule has 0 bridgehead atoms. The Morgan fingerprint density at radius 2 is 1.90 bits per heavy atom. The normalized spacial score (nSPS) is 14.5. The highest BCUT2D eigenvalue weighted by atomic mass is 19.1. The first-order valence-corrected chi connectivity index (χ1v) is 10.3. The number of nitrogens with zero attached hydrogens (tertiary/aromatic N) is 3. The van der Waals surface area contributed by atoms with Crippen molar-refractivity contribution in [2.75, 3.05) is 36.4 Å². The van der Waals surface area contributed by atoms with Crippen molar-refractivity contribution in [2.45, 2.75) is 39.3 Å². The molecule has 2 aromatic rings. The van der Waals surface area contributed by atoms with Gasteiger partial charge in [0, 0.05) is 45.0 Å². The van der Waals surface area contributed by atoms with Crippen LogP contribution < -0.4 is 15.5 Å². The third-order valence-corrected chi connectivity index (χ3v) is 5.36. The number of piperidine rings is 1. The zero-order valence-electron chi connectivity index (χ0n) is 17.2. The predicted octanol–water partition coefficient (Wildman–Crippen LogP) is 3.85. The molecule has 0 spiro atoms. The average Bonchev–Trinajstić information content (AvgIpc) is 2.76. The zero-order valence-corrected chi connectivity index (χ0v) is 17.2. The maximum atomic E-state index is 13.8. The van der Waals surface area contributed by atoms with E-state index < -0.39 is 0 Å². The quantitative estimate of drug-likeness (QED) is 0.742. The first-order chi connectivity index (χ1) is 14.1. The molecule has 2 N–H and O–H groups in total. The highest BCUT2D eigenvalue weighted by Crippen LogP contribution is 2.19. The first kappa shape index (κ1) is 20.9. The molecule has 1 fully saturated rings. The van der Waals surface area contributed by atoms with E-state index in [1.54, 1.807) is 12.1 Å². The number of urea groups is 1. The molecule has 3 rings (SSSR count). The third-order valence-electron chi connectivity index (χ3n) is 5.36. The van der Waals surface area contributed by atoms with Gasteiger partial charge >= 0.3 is 6.03 Å². The van der Waals surface area contributed by atoms with Crippen molar-refractivity contribution < 1.29 is 9.18 Å². The number of carbonyl (C=O) groups is 1. The molecule has 29 heavy (non-hydrogen) atoms. The Balaban J connectivity index is 1.43. The number of hydrogen-bond donors (Lipinski definition) is 2. The van der Waals surface area contributed by atoms with Crippen molar-refractivity contribution in [1.82, 2.24) is 15.2 Å². The van der Waals surface area contributed by atoms with E-state index in [1.807, 2.05) is 29.3 Å². The molecule has 2 heterocycles. The number of likely N-dealkylation sites (tertiary alicyclic amines) is 1.